The second-order valence-electron chi connectivity index (χ2n) is 5.08. The number of carboxylic acid groups (broad SMARTS) is 1. The van der Waals surface area contributed by atoms with Crippen LogP contribution in [-0.4, -0.2) is 61.2 Å². The van der Waals surface area contributed by atoms with Gasteiger partial charge in [0.25, 0.3) is 6.43 Å². The fourth-order valence-electron chi connectivity index (χ4n) is 2.61. The molecule has 0 aromatic rings. The maximum Gasteiger partial charge on any atom is 0.303 e. The van der Waals surface area contributed by atoms with Crippen molar-refractivity contribution in [1.29, 1.82) is 0 Å². The van der Waals surface area contributed by atoms with Gasteiger partial charge >= 0.3 is 5.97 Å². The van der Waals surface area contributed by atoms with Crippen molar-refractivity contribution in [1.82, 2.24) is 10.2 Å². The van der Waals surface area contributed by atoms with Gasteiger partial charge in [-0.1, -0.05) is 0 Å². The van der Waals surface area contributed by atoms with Crippen LogP contribution in [0.3, 0.4) is 0 Å². The summed E-state index contributed by atoms with van der Waals surface area (Å²) in [7, 11) is 0. The Morgan fingerprint density at radius 3 is 2.79 bits per heavy atom. The van der Waals surface area contributed by atoms with Gasteiger partial charge in [0.15, 0.2) is 0 Å². The molecule has 0 amide bonds. The lowest BCUT2D eigenvalue weighted by Crippen LogP contribution is -2.51. The fraction of sp³-hybridized carbons (Fsp3) is 0.917. The highest BCUT2D eigenvalue weighted by Gasteiger charge is 2.27. The average molecular weight is 279 g/mol. The van der Waals surface area contributed by atoms with Crippen LogP contribution < -0.4 is 11.1 Å². The molecule has 0 bridgehead atoms. The molecule has 7 heteroatoms. The molecule has 1 rings (SSSR count). The summed E-state index contributed by atoms with van der Waals surface area (Å²) in [6, 6.07) is -0.00639. The van der Waals surface area contributed by atoms with Crippen molar-refractivity contribution >= 4 is 5.97 Å². The monoisotopic (exact) mass is 279 g/mol. The van der Waals surface area contributed by atoms with Crippen molar-refractivity contribution in [2.24, 2.45) is 11.7 Å². The number of hydrogen-bond donors (Lipinski definition) is 3. The number of rotatable bonds is 8. The summed E-state index contributed by atoms with van der Waals surface area (Å²) in [5, 5.41) is 11.6. The van der Waals surface area contributed by atoms with Crippen LogP contribution in [0.5, 0.6) is 0 Å². The molecule has 2 unspecified atom stereocenters. The highest BCUT2D eigenvalue weighted by Crippen LogP contribution is 2.21. The van der Waals surface area contributed by atoms with Crippen LogP contribution in [-0.2, 0) is 4.79 Å². The Labute approximate surface area is 112 Å². The van der Waals surface area contributed by atoms with Gasteiger partial charge in [-0.2, -0.15) is 0 Å². The lowest BCUT2D eigenvalue weighted by molar-refractivity contribution is -0.137. The standard InChI is InChI=1S/C12H23F2N3O2/c13-11(14)6-16-10-5-9(1-2-12(18)19)7-17(8-10)4-3-15/h9-11,16H,1-8,15H2,(H,18,19). The number of aliphatic carboxylic acids is 1. The van der Waals surface area contributed by atoms with E-state index in [-0.39, 0.29) is 24.9 Å². The lowest BCUT2D eigenvalue weighted by Gasteiger charge is -2.38. The van der Waals surface area contributed by atoms with Crippen LogP contribution in [0, 0.1) is 5.92 Å². The van der Waals surface area contributed by atoms with Gasteiger partial charge in [0.05, 0.1) is 6.54 Å². The first-order chi connectivity index (χ1) is 9.01. The Morgan fingerprint density at radius 1 is 1.47 bits per heavy atom. The molecule has 0 saturated carbocycles. The van der Waals surface area contributed by atoms with Crippen molar-refractivity contribution in [3.8, 4) is 0 Å². The predicted octanol–water partition coefficient (Wildman–Crippen LogP) is 0.355. The third kappa shape index (κ3) is 6.79. The van der Waals surface area contributed by atoms with Crippen molar-refractivity contribution in [3.63, 3.8) is 0 Å². The number of nitrogens with two attached hydrogens (primary N) is 1. The van der Waals surface area contributed by atoms with Crippen LogP contribution in [0.1, 0.15) is 19.3 Å². The molecule has 1 fully saturated rings. The average Bonchev–Trinajstić information content (AvgIpc) is 2.34. The molecule has 0 aromatic heterocycles. The van der Waals surface area contributed by atoms with Gasteiger partial charge in [-0.3, -0.25) is 4.79 Å². The molecular formula is C12H23F2N3O2. The maximum absolute atomic E-state index is 12.2. The number of nitrogens with one attached hydrogen (secondary N) is 1. The van der Waals surface area contributed by atoms with E-state index in [0.29, 0.717) is 19.5 Å². The van der Waals surface area contributed by atoms with Crippen LogP contribution in [0.15, 0.2) is 0 Å². The molecule has 1 heterocycles. The number of nitrogens with zero attached hydrogens (tertiary/aromatic N) is 1. The zero-order valence-electron chi connectivity index (χ0n) is 11.0. The third-order valence-electron chi connectivity index (χ3n) is 3.39. The molecule has 1 aliphatic heterocycles. The zero-order chi connectivity index (χ0) is 14.3. The highest BCUT2D eigenvalue weighted by molar-refractivity contribution is 5.66. The third-order valence-corrected chi connectivity index (χ3v) is 3.39. The van der Waals surface area contributed by atoms with E-state index >= 15 is 0 Å². The van der Waals surface area contributed by atoms with Crippen LogP contribution in [0.25, 0.3) is 0 Å². The first-order valence-electron chi connectivity index (χ1n) is 6.67. The molecule has 19 heavy (non-hydrogen) atoms. The number of hydrogen-bond acceptors (Lipinski definition) is 4. The number of halogens is 2. The van der Waals surface area contributed by atoms with Gasteiger partial charge in [-0.15, -0.1) is 0 Å². The summed E-state index contributed by atoms with van der Waals surface area (Å²) in [5.74, 6) is -0.584. The van der Waals surface area contributed by atoms with Gasteiger partial charge in [0, 0.05) is 38.6 Å². The topological polar surface area (TPSA) is 78.6 Å². The van der Waals surface area contributed by atoms with E-state index in [1.165, 1.54) is 0 Å². The van der Waals surface area contributed by atoms with E-state index in [4.69, 9.17) is 10.8 Å². The predicted molar refractivity (Wildman–Crippen MR) is 68.3 cm³/mol. The second kappa shape index (κ2) is 8.39. The smallest absolute Gasteiger partial charge is 0.303 e. The second-order valence-corrected chi connectivity index (χ2v) is 5.08. The summed E-state index contributed by atoms with van der Waals surface area (Å²) in [4.78, 5) is 12.7. The number of likely N-dealkylation sites (tertiary alicyclic amines) is 1. The van der Waals surface area contributed by atoms with Crippen LogP contribution in [0.4, 0.5) is 8.78 Å². The van der Waals surface area contributed by atoms with Crippen LogP contribution >= 0.6 is 0 Å². The highest BCUT2D eigenvalue weighted by atomic mass is 19.3. The molecule has 0 radical (unpaired) electrons. The minimum Gasteiger partial charge on any atom is -0.481 e. The first-order valence-corrected chi connectivity index (χ1v) is 6.67. The molecule has 112 valence electrons. The largest absolute Gasteiger partial charge is 0.481 e. The van der Waals surface area contributed by atoms with E-state index < -0.39 is 12.4 Å². The Morgan fingerprint density at radius 2 is 2.21 bits per heavy atom. The van der Waals surface area contributed by atoms with Crippen molar-refractivity contribution in [2.45, 2.75) is 31.7 Å². The first kappa shape index (κ1) is 16.3. The molecule has 1 aliphatic rings. The van der Waals surface area contributed by atoms with Crippen molar-refractivity contribution < 1.29 is 18.7 Å². The normalized spacial score (nSPS) is 24.8. The summed E-state index contributed by atoms with van der Waals surface area (Å²) < 4.78 is 24.4. The van der Waals surface area contributed by atoms with E-state index in [1.54, 1.807) is 0 Å². The molecule has 5 nitrogen and oxygen atoms in total. The van der Waals surface area contributed by atoms with Gasteiger partial charge in [-0.05, 0) is 18.8 Å². The van der Waals surface area contributed by atoms with Gasteiger partial charge < -0.3 is 21.1 Å². The minimum atomic E-state index is -2.36. The molecule has 0 spiro atoms. The maximum atomic E-state index is 12.2. The molecular weight excluding hydrogens is 256 g/mol. The fourth-order valence-corrected chi connectivity index (χ4v) is 2.61. The summed E-state index contributed by atoms with van der Waals surface area (Å²) in [5.41, 5.74) is 5.52. The minimum absolute atomic E-state index is 0.00639. The molecule has 0 aliphatic carbocycles. The quantitative estimate of drug-likeness (QED) is 0.598. The van der Waals surface area contributed by atoms with E-state index in [1.807, 2.05) is 0 Å². The van der Waals surface area contributed by atoms with Crippen molar-refractivity contribution in [2.75, 3.05) is 32.7 Å². The summed E-state index contributed by atoms with van der Waals surface area (Å²) in [6.07, 6.45) is -0.894. The van der Waals surface area contributed by atoms with Gasteiger partial charge in [-0.25, -0.2) is 8.78 Å². The Balaban J connectivity index is 2.44. The summed E-state index contributed by atoms with van der Waals surface area (Å²) in [6.45, 7) is 2.43. The molecule has 4 N–H and O–H groups in total. The molecule has 2 atom stereocenters. The number of carboxylic acids is 1. The van der Waals surface area contributed by atoms with Crippen molar-refractivity contribution in [3.05, 3.63) is 0 Å². The van der Waals surface area contributed by atoms with E-state index in [2.05, 4.69) is 10.2 Å². The van der Waals surface area contributed by atoms with E-state index in [0.717, 1.165) is 19.5 Å². The SMILES string of the molecule is NCCN1CC(CCC(=O)O)CC(NCC(F)F)C1. The number of piperidine rings is 1. The zero-order valence-corrected chi connectivity index (χ0v) is 11.0. The van der Waals surface area contributed by atoms with E-state index in [9.17, 15) is 13.6 Å². The van der Waals surface area contributed by atoms with Crippen LogP contribution in [0.2, 0.25) is 0 Å². The number of carbonyl (C=O) groups is 1. The molecule has 1 saturated heterocycles. The Kier molecular flexibility index (Phi) is 7.19. The lowest BCUT2D eigenvalue weighted by atomic mass is 9.90. The van der Waals surface area contributed by atoms with Gasteiger partial charge in [0.1, 0.15) is 0 Å². The summed E-state index contributed by atoms with van der Waals surface area (Å²) >= 11 is 0. The Bertz CT molecular complexity index is 280. The Hall–Kier alpha value is -0.790. The molecule has 0 aromatic carbocycles. The van der Waals surface area contributed by atoms with Gasteiger partial charge in [0.2, 0.25) is 0 Å². The number of alkyl halides is 2.